The van der Waals surface area contributed by atoms with Crippen LogP contribution in [0.2, 0.25) is 0 Å². The number of hydrogen-bond donors (Lipinski definition) is 0. The highest BCUT2D eigenvalue weighted by Crippen LogP contribution is 2.33. The van der Waals surface area contributed by atoms with Gasteiger partial charge in [-0.15, -0.1) is 0 Å². The molecule has 3 nitrogen and oxygen atoms in total. The van der Waals surface area contributed by atoms with E-state index in [-0.39, 0.29) is 5.97 Å². The molecule has 0 aliphatic carbocycles. The zero-order valence-electron chi connectivity index (χ0n) is 12.2. The van der Waals surface area contributed by atoms with E-state index in [9.17, 15) is 4.79 Å². The number of hydrogen-bond acceptors (Lipinski definition) is 3. The summed E-state index contributed by atoms with van der Waals surface area (Å²) in [5.41, 5.74) is 4.11. The minimum absolute atomic E-state index is 0.311. The molecule has 0 aliphatic rings. The second-order valence-corrected chi connectivity index (χ2v) is 4.89. The van der Waals surface area contributed by atoms with Gasteiger partial charge in [-0.3, -0.25) is 4.79 Å². The summed E-state index contributed by atoms with van der Waals surface area (Å²) in [5, 5.41) is 0. The summed E-state index contributed by atoms with van der Waals surface area (Å²) in [6, 6.07) is 21.8. The molecule has 108 valence electrons. The van der Waals surface area contributed by atoms with E-state index in [1.54, 1.807) is 12.3 Å². The summed E-state index contributed by atoms with van der Waals surface area (Å²) in [6.07, 6.45) is 1.75. The van der Waals surface area contributed by atoms with Gasteiger partial charge in [-0.1, -0.05) is 60.7 Å². The van der Waals surface area contributed by atoms with Crippen LogP contribution in [-0.4, -0.2) is 11.0 Å². The Kier molecular flexibility index (Phi) is 3.97. The van der Waals surface area contributed by atoms with Gasteiger partial charge in [0.1, 0.15) is 0 Å². The molecule has 3 aromatic rings. The van der Waals surface area contributed by atoms with Crippen molar-refractivity contribution in [3.8, 4) is 28.1 Å². The Hall–Kier alpha value is -2.94. The number of pyridine rings is 1. The molecule has 3 heteroatoms. The Labute approximate surface area is 129 Å². The molecule has 0 saturated carbocycles. The number of carbonyl (C=O) groups excluding carboxylic acids is 1. The fourth-order valence-corrected chi connectivity index (χ4v) is 2.34. The van der Waals surface area contributed by atoms with Crippen LogP contribution in [0.25, 0.3) is 22.3 Å². The molecule has 0 saturated heterocycles. The number of carbonyl (C=O) groups is 1. The molecule has 0 amide bonds. The Morgan fingerprint density at radius 1 is 0.864 bits per heavy atom. The molecular formula is C19H15NO2. The highest BCUT2D eigenvalue weighted by atomic mass is 16.5. The first kappa shape index (κ1) is 14.0. The van der Waals surface area contributed by atoms with Gasteiger partial charge in [-0.05, 0) is 16.7 Å². The molecular weight excluding hydrogens is 274 g/mol. The zero-order chi connectivity index (χ0) is 15.4. The fraction of sp³-hybridized carbons (Fsp3) is 0.0526. The van der Waals surface area contributed by atoms with Crippen molar-refractivity contribution in [3.63, 3.8) is 0 Å². The van der Waals surface area contributed by atoms with Gasteiger partial charge in [0.2, 0.25) is 5.88 Å². The van der Waals surface area contributed by atoms with Crippen LogP contribution in [-0.2, 0) is 4.79 Å². The topological polar surface area (TPSA) is 39.2 Å². The molecule has 0 fully saturated rings. The summed E-state index contributed by atoms with van der Waals surface area (Å²) in [5.74, 6) is -0.0648. The third-order valence-corrected chi connectivity index (χ3v) is 3.30. The Balaban J connectivity index is 2.15. The number of ether oxygens (including phenoxy) is 1. The average molecular weight is 289 g/mol. The molecule has 0 unspecified atom stereocenters. The Bertz CT molecular complexity index is 783. The van der Waals surface area contributed by atoms with E-state index in [0.29, 0.717) is 5.88 Å². The van der Waals surface area contributed by atoms with Crippen molar-refractivity contribution in [2.75, 3.05) is 0 Å². The number of aromatic nitrogens is 1. The van der Waals surface area contributed by atoms with Gasteiger partial charge in [0.05, 0.1) is 0 Å². The molecule has 0 spiro atoms. The van der Waals surface area contributed by atoms with Gasteiger partial charge < -0.3 is 4.74 Å². The molecule has 0 bridgehead atoms. The number of benzene rings is 2. The van der Waals surface area contributed by atoms with E-state index in [2.05, 4.69) is 4.98 Å². The monoisotopic (exact) mass is 289 g/mol. The molecule has 3 rings (SSSR count). The van der Waals surface area contributed by atoms with E-state index in [1.807, 2.05) is 60.7 Å². The van der Waals surface area contributed by atoms with Crippen molar-refractivity contribution >= 4 is 5.97 Å². The third-order valence-electron chi connectivity index (χ3n) is 3.30. The van der Waals surface area contributed by atoms with Crippen molar-refractivity contribution in [1.29, 1.82) is 0 Å². The van der Waals surface area contributed by atoms with E-state index < -0.39 is 0 Å². The minimum Gasteiger partial charge on any atom is -0.408 e. The molecule has 1 heterocycles. The van der Waals surface area contributed by atoms with Crippen LogP contribution in [0, 0.1) is 0 Å². The predicted octanol–water partition coefficient (Wildman–Crippen LogP) is 4.34. The SMILES string of the molecule is CC(=O)Oc1cc(-c2ccccc2)c(-c2ccccc2)cn1. The number of nitrogens with zero attached hydrogens (tertiary/aromatic N) is 1. The predicted molar refractivity (Wildman–Crippen MR) is 86.4 cm³/mol. The zero-order valence-corrected chi connectivity index (χ0v) is 12.2. The van der Waals surface area contributed by atoms with Crippen molar-refractivity contribution in [2.24, 2.45) is 0 Å². The van der Waals surface area contributed by atoms with E-state index in [4.69, 9.17) is 4.74 Å². The van der Waals surface area contributed by atoms with Gasteiger partial charge in [0.25, 0.3) is 0 Å². The normalized spacial score (nSPS) is 10.2. The molecule has 22 heavy (non-hydrogen) atoms. The molecule has 1 aromatic heterocycles. The molecule has 0 radical (unpaired) electrons. The average Bonchev–Trinajstić information content (AvgIpc) is 2.56. The first-order valence-corrected chi connectivity index (χ1v) is 7.03. The van der Waals surface area contributed by atoms with Crippen molar-refractivity contribution in [3.05, 3.63) is 72.9 Å². The Morgan fingerprint density at radius 2 is 1.41 bits per heavy atom. The summed E-state index contributed by atoms with van der Waals surface area (Å²) in [6.45, 7) is 1.37. The quantitative estimate of drug-likeness (QED) is 0.673. The van der Waals surface area contributed by atoms with Crippen LogP contribution in [0.5, 0.6) is 5.88 Å². The summed E-state index contributed by atoms with van der Waals surface area (Å²) in [7, 11) is 0. The molecule has 0 atom stereocenters. The first-order chi connectivity index (χ1) is 10.7. The lowest BCUT2D eigenvalue weighted by atomic mass is 9.96. The van der Waals surface area contributed by atoms with Crippen molar-refractivity contribution < 1.29 is 9.53 Å². The minimum atomic E-state index is -0.376. The van der Waals surface area contributed by atoms with E-state index in [1.165, 1.54) is 6.92 Å². The third kappa shape index (κ3) is 3.04. The second kappa shape index (κ2) is 6.22. The van der Waals surface area contributed by atoms with Crippen molar-refractivity contribution in [2.45, 2.75) is 6.92 Å². The number of rotatable bonds is 3. The Morgan fingerprint density at radius 3 is 1.95 bits per heavy atom. The summed E-state index contributed by atoms with van der Waals surface area (Å²) < 4.78 is 5.12. The highest BCUT2D eigenvalue weighted by Gasteiger charge is 2.11. The van der Waals surface area contributed by atoms with E-state index in [0.717, 1.165) is 22.3 Å². The lowest BCUT2D eigenvalue weighted by Crippen LogP contribution is -2.03. The van der Waals surface area contributed by atoms with Crippen LogP contribution >= 0.6 is 0 Å². The molecule has 0 N–H and O–H groups in total. The van der Waals surface area contributed by atoms with E-state index >= 15 is 0 Å². The van der Waals surface area contributed by atoms with Crippen LogP contribution in [0.3, 0.4) is 0 Å². The van der Waals surface area contributed by atoms with Gasteiger partial charge in [-0.2, -0.15) is 0 Å². The van der Waals surface area contributed by atoms with Gasteiger partial charge in [-0.25, -0.2) is 4.98 Å². The summed E-state index contributed by atoms with van der Waals surface area (Å²) >= 11 is 0. The summed E-state index contributed by atoms with van der Waals surface area (Å²) in [4.78, 5) is 15.4. The first-order valence-electron chi connectivity index (χ1n) is 7.03. The smallest absolute Gasteiger partial charge is 0.309 e. The molecule has 0 aliphatic heterocycles. The largest absolute Gasteiger partial charge is 0.408 e. The fourth-order valence-electron chi connectivity index (χ4n) is 2.34. The van der Waals surface area contributed by atoms with Gasteiger partial charge >= 0.3 is 5.97 Å². The van der Waals surface area contributed by atoms with Crippen molar-refractivity contribution in [1.82, 2.24) is 4.98 Å². The van der Waals surface area contributed by atoms with Crippen LogP contribution in [0.4, 0.5) is 0 Å². The standard InChI is InChI=1S/C19H15NO2/c1-14(21)22-19-12-17(15-8-4-2-5-9-15)18(13-20-19)16-10-6-3-7-11-16/h2-13H,1H3. The van der Waals surface area contributed by atoms with Crippen LogP contribution in [0.15, 0.2) is 72.9 Å². The maximum Gasteiger partial charge on any atom is 0.309 e. The van der Waals surface area contributed by atoms with Gasteiger partial charge in [0, 0.05) is 24.8 Å². The molecule has 2 aromatic carbocycles. The highest BCUT2D eigenvalue weighted by molar-refractivity contribution is 5.83. The van der Waals surface area contributed by atoms with Crippen LogP contribution < -0.4 is 4.74 Å². The second-order valence-electron chi connectivity index (χ2n) is 4.89. The lowest BCUT2D eigenvalue weighted by molar-refractivity contribution is -0.132. The lowest BCUT2D eigenvalue weighted by Gasteiger charge is -2.11. The number of esters is 1. The maximum atomic E-state index is 11.2. The maximum absolute atomic E-state index is 11.2. The van der Waals surface area contributed by atoms with Gasteiger partial charge in [0.15, 0.2) is 0 Å². The van der Waals surface area contributed by atoms with Crippen LogP contribution in [0.1, 0.15) is 6.92 Å².